The summed E-state index contributed by atoms with van der Waals surface area (Å²) in [6, 6.07) is 1.60. The molecule has 1 aromatic heterocycles. The van der Waals surface area contributed by atoms with Crippen molar-refractivity contribution in [3.8, 4) is 24.0 Å². The first-order chi connectivity index (χ1) is 29.5. The second kappa shape index (κ2) is 16.9. The number of alkyl carbamates (subject to hydrolysis) is 1. The van der Waals surface area contributed by atoms with Crippen LogP contribution < -0.4 is 24.8 Å². The van der Waals surface area contributed by atoms with E-state index in [0.29, 0.717) is 31.4 Å². The van der Waals surface area contributed by atoms with Crippen LogP contribution in [0.1, 0.15) is 104 Å². The number of sulfonamides is 1. The molecule has 8 atom stereocenters. The summed E-state index contributed by atoms with van der Waals surface area (Å²) in [5, 5.41) is 5.20. The van der Waals surface area contributed by atoms with Gasteiger partial charge in [-0.25, -0.2) is 32.0 Å². The second-order valence-electron chi connectivity index (χ2n) is 19.0. The van der Waals surface area contributed by atoms with E-state index in [9.17, 15) is 36.4 Å². The zero-order valence-corrected chi connectivity index (χ0v) is 36.7. The molecule has 1 saturated heterocycles. The molecule has 2 aromatic rings. The van der Waals surface area contributed by atoms with Gasteiger partial charge in [0.25, 0.3) is 11.8 Å². The number of nitrogens with one attached hydrogen (secondary N) is 3. The first kappa shape index (κ1) is 46.1. The highest BCUT2D eigenvalue weighted by atomic mass is 32.2. The summed E-state index contributed by atoms with van der Waals surface area (Å²) < 4.78 is 105. The molecular formula is C43H54F4N6O9S. The van der Waals surface area contributed by atoms with E-state index in [4.69, 9.17) is 20.6 Å². The molecule has 4 amide bonds. The lowest BCUT2D eigenvalue weighted by Gasteiger charge is -2.35. The Hall–Kier alpha value is -4.93. The third-order valence-corrected chi connectivity index (χ3v) is 15.4. The van der Waals surface area contributed by atoms with Crippen LogP contribution in [0.4, 0.5) is 22.4 Å². The van der Waals surface area contributed by atoms with Gasteiger partial charge in [-0.3, -0.25) is 19.1 Å². The van der Waals surface area contributed by atoms with Gasteiger partial charge in [-0.2, -0.15) is 8.78 Å². The lowest BCUT2D eigenvalue weighted by molar-refractivity contribution is -0.143. The standard InChI is InChI=1S/C43H54F4N6O9S/c1-7-23-16-24-10-8-9-13-43(46,47)33-36(49-29-19-26(60-6)11-12-28(29)48-33)61-27-20-30(53(22-27)37(55)34(40(2,3)4)50-39(57)62-31(24)17-23)35(54)51-42(21-25(42)18-32(44)45)38(56)52-63(58,59)41(5)14-15-41/h1,11-12,19,23-25,27,30-32,34H,8-10,13-18,20-22H2,2-6H3,(H,50,57)(H,51,54)(H,52,56)/t23-,24-,25-,27-,30+,31-,34-,42-/m1/s1. The van der Waals surface area contributed by atoms with Crippen molar-refractivity contribution in [1.82, 2.24) is 30.2 Å². The number of carbonyl (C=O) groups is 4. The number of rotatable bonds is 8. The largest absolute Gasteiger partial charge is 0.497 e. The molecule has 2 bridgehead atoms. The molecule has 63 heavy (non-hydrogen) atoms. The fraction of sp³-hybridized carbons (Fsp3) is 0.674. The highest BCUT2D eigenvalue weighted by molar-refractivity contribution is 7.91. The number of hydrogen-bond acceptors (Lipinski definition) is 11. The number of benzene rings is 1. The first-order valence-corrected chi connectivity index (χ1v) is 22.8. The highest BCUT2D eigenvalue weighted by Gasteiger charge is 2.64. The van der Waals surface area contributed by atoms with Crippen LogP contribution >= 0.6 is 0 Å². The molecule has 1 aromatic carbocycles. The zero-order valence-electron chi connectivity index (χ0n) is 35.8. The molecule has 3 N–H and O–H groups in total. The predicted molar refractivity (Wildman–Crippen MR) is 219 cm³/mol. The summed E-state index contributed by atoms with van der Waals surface area (Å²) in [6.45, 7) is 6.01. The van der Waals surface area contributed by atoms with Gasteiger partial charge in [0.2, 0.25) is 34.1 Å². The number of nitrogens with zero attached hydrogens (tertiary/aromatic N) is 3. The van der Waals surface area contributed by atoms with Crippen LogP contribution in [0.3, 0.4) is 0 Å². The summed E-state index contributed by atoms with van der Waals surface area (Å²) in [5.41, 5.74) is -3.60. The van der Waals surface area contributed by atoms with Crippen LogP contribution in [0, 0.1) is 35.5 Å². The fourth-order valence-electron chi connectivity index (χ4n) is 9.05. The molecule has 3 saturated carbocycles. The van der Waals surface area contributed by atoms with Crippen molar-refractivity contribution in [1.29, 1.82) is 0 Å². The van der Waals surface area contributed by atoms with E-state index < -0.39 is 123 Å². The Bertz CT molecular complexity index is 2300. The van der Waals surface area contributed by atoms with E-state index in [0.717, 1.165) is 4.90 Å². The number of carbonyl (C=O) groups excluding carboxylic acids is 4. The Morgan fingerprint density at radius 2 is 1.81 bits per heavy atom. The summed E-state index contributed by atoms with van der Waals surface area (Å²) in [6.07, 6.45) is 0.00326. The number of terminal acetylenes is 1. The van der Waals surface area contributed by atoms with Gasteiger partial charge in [-0.05, 0) is 81.3 Å². The molecule has 0 radical (unpaired) electrons. The summed E-state index contributed by atoms with van der Waals surface area (Å²) in [5.74, 6) is -5.75. The van der Waals surface area contributed by atoms with E-state index in [2.05, 4.69) is 26.5 Å². The van der Waals surface area contributed by atoms with E-state index in [1.165, 1.54) is 26.2 Å². The molecule has 2 aliphatic heterocycles. The Balaban J connectivity index is 1.27. The summed E-state index contributed by atoms with van der Waals surface area (Å²) >= 11 is 0. The number of methoxy groups -OCH3 is 1. The van der Waals surface area contributed by atoms with Crippen LogP contribution in [0.25, 0.3) is 11.0 Å². The smallest absolute Gasteiger partial charge is 0.408 e. The maximum atomic E-state index is 16.4. The van der Waals surface area contributed by atoms with E-state index >= 15 is 8.78 Å². The molecule has 344 valence electrons. The van der Waals surface area contributed by atoms with Crippen LogP contribution in [-0.4, -0.2) is 102 Å². The van der Waals surface area contributed by atoms with Crippen molar-refractivity contribution in [2.24, 2.45) is 23.2 Å². The Morgan fingerprint density at radius 3 is 2.46 bits per heavy atom. The highest BCUT2D eigenvalue weighted by Crippen LogP contribution is 2.49. The average Bonchev–Trinajstić information content (AvgIpc) is 4.01. The van der Waals surface area contributed by atoms with Gasteiger partial charge in [-0.15, -0.1) is 12.3 Å². The minimum absolute atomic E-state index is 0.0490. The van der Waals surface area contributed by atoms with E-state index in [1.807, 2.05) is 4.72 Å². The quantitative estimate of drug-likeness (QED) is 0.228. The third-order valence-electron chi connectivity index (χ3n) is 13.3. The topological polar surface area (TPSA) is 195 Å². The molecule has 0 spiro atoms. The number of hydrogen-bond donors (Lipinski definition) is 3. The Labute approximate surface area is 363 Å². The molecule has 3 heterocycles. The summed E-state index contributed by atoms with van der Waals surface area (Å²) in [7, 11) is -2.85. The van der Waals surface area contributed by atoms with Crippen molar-refractivity contribution in [3.63, 3.8) is 0 Å². The molecular weight excluding hydrogens is 853 g/mol. The van der Waals surface area contributed by atoms with Crippen molar-refractivity contribution >= 4 is 44.9 Å². The van der Waals surface area contributed by atoms with Crippen LogP contribution in [0.15, 0.2) is 18.2 Å². The third kappa shape index (κ3) is 9.49. The molecule has 20 heteroatoms. The van der Waals surface area contributed by atoms with Crippen molar-refractivity contribution in [3.05, 3.63) is 23.9 Å². The Morgan fingerprint density at radius 1 is 1.08 bits per heavy atom. The molecule has 5 aliphatic rings. The maximum Gasteiger partial charge on any atom is 0.408 e. The normalized spacial score (nSPS) is 30.6. The predicted octanol–water partition coefficient (Wildman–Crippen LogP) is 5.35. The van der Waals surface area contributed by atoms with Gasteiger partial charge in [0, 0.05) is 31.2 Å². The van der Waals surface area contributed by atoms with Crippen molar-refractivity contribution in [2.45, 2.75) is 145 Å². The number of fused-ring (bicyclic) bond motifs is 5. The molecule has 7 rings (SSSR count). The van der Waals surface area contributed by atoms with Crippen LogP contribution in [0.5, 0.6) is 11.6 Å². The fourth-order valence-corrected chi connectivity index (χ4v) is 10.4. The van der Waals surface area contributed by atoms with Gasteiger partial charge in [0.15, 0.2) is 5.69 Å². The molecule has 15 nitrogen and oxygen atoms in total. The Kier molecular flexibility index (Phi) is 12.4. The number of amides is 4. The van der Waals surface area contributed by atoms with Gasteiger partial charge in [-0.1, -0.05) is 27.2 Å². The van der Waals surface area contributed by atoms with Gasteiger partial charge < -0.3 is 29.7 Å². The minimum atomic E-state index is -4.26. The number of alkyl halides is 4. The molecule has 0 unspecified atom stereocenters. The van der Waals surface area contributed by atoms with E-state index in [-0.39, 0.29) is 55.0 Å². The van der Waals surface area contributed by atoms with Crippen LogP contribution in [-0.2, 0) is 35.1 Å². The number of ether oxygens (including phenoxy) is 3. The molecule has 4 fully saturated rings. The zero-order chi connectivity index (χ0) is 45.9. The van der Waals surface area contributed by atoms with Gasteiger partial charge in [0.1, 0.15) is 35.6 Å². The van der Waals surface area contributed by atoms with E-state index in [1.54, 1.807) is 26.8 Å². The maximum absolute atomic E-state index is 16.4. The lowest BCUT2D eigenvalue weighted by atomic mass is 9.85. The van der Waals surface area contributed by atoms with Crippen molar-refractivity contribution in [2.75, 3.05) is 13.7 Å². The second-order valence-corrected chi connectivity index (χ2v) is 21.2. The minimum Gasteiger partial charge on any atom is -0.497 e. The van der Waals surface area contributed by atoms with Crippen molar-refractivity contribution < 1.29 is 59.4 Å². The SMILES string of the molecule is C#C[C@@H]1C[C@H]2CCCCC(F)(F)c3nc4ccc(OC)cc4nc3O[C@@H]3C[C@@H](C(=O)N[C@]4(C(=O)NS(=O)(=O)C5(C)CC5)C[C@H]4CC(F)F)N(C3)C(=O)[C@H](C(C)(C)C)NC(=O)O[C@@H]2C1. The number of halogens is 4. The number of aromatic nitrogens is 2. The lowest BCUT2D eigenvalue weighted by Crippen LogP contribution is -2.60. The van der Waals surface area contributed by atoms with Gasteiger partial charge >= 0.3 is 6.09 Å². The van der Waals surface area contributed by atoms with Gasteiger partial charge in [0.05, 0.1) is 29.4 Å². The molecule has 3 aliphatic carbocycles. The summed E-state index contributed by atoms with van der Waals surface area (Å²) in [4.78, 5) is 66.6. The average molecular weight is 907 g/mol. The van der Waals surface area contributed by atoms with Crippen LogP contribution in [0.2, 0.25) is 0 Å². The first-order valence-electron chi connectivity index (χ1n) is 21.3. The monoisotopic (exact) mass is 906 g/mol.